The highest BCUT2D eigenvalue weighted by atomic mass is 35.5. The van der Waals surface area contributed by atoms with Gasteiger partial charge < -0.3 is 10.2 Å². The third-order valence-corrected chi connectivity index (χ3v) is 6.56. The molecule has 2 aromatic carbocycles. The van der Waals surface area contributed by atoms with Crippen molar-refractivity contribution in [3.8, 4) is 0 Å². The average molecular weight is 410 g/mol. The molecule has 9 heteroatoms. The van der Waals surface area contributed by atoms with E-state index in [2.05, 4.69) is 10.0 Å². The Hall–Kier alpha value is -2.32. The summed E-state index contributed by atoms with van der Waals surface area (Å²) in [6.07, 6.45) is 2.12. The molecule has 27 heavy (non-hydrogen) atoms. The molecule has 2 aliphatic rings. The van der Waals surface area contributed by atoms with E-state index in [1.165, 1.54) is 18.2 Å². The summed E-state index contributed by atoms with van der Waals surface area (Å²) in [5.41, 5.74) is 1.64. The molecule has 0 spiro atoms. The van der Waals surface area contributed by atoms with Gasteiger partial charge in [-0.3, -0.25) is 9.52 Å². The van der Waals surface area contributed by atoms with Crippen LogP contribution in [0.25, 0.3) is 0 Å². The summed E-state index contributed by atoms with van der Waals surface area (Å²) < 4.78 is 42.2. The molecule has 1 saturated heterocycles. The monoisotopic (exact) mass is 409 g/mol. The molecule has 2 N–H and O–H groups in total. The van der Waals surface area contributed by atoms with Crippen LogP contribution >= 0.6 is 11.6 Å². The number of carbonyl (C=O) groups is 1. The van der Waals surface area contributed by atoms with Crippen LogP contribution in [-0.2, 0) is 21.2 Å². The number of fused-ring (bicyclic) bond motifs is 1. The topological polar surface area (TPSA) is 78.5 Å². The largest absolute Gasteiger partial charge is 0.369 e. The first-order valence-electron chi connectivity index (χ1n) is 8.53. The lowest BCUT2D eigenvalue weighted by molar-refractivity contribution is -0.115. The van der Waals surface area contributed by atoms with Crippen molar-refractivity contribution < 1.29 is 17.6 Å². The zero-order valence-electron chi connectivity index (χ0n) is 14.3. The van der Waals surface area contributed by atoms with E-state index in [-0.39, 0.29) is 27.9 Å². The summed E-state index contributed by atoms with van der Waals surface area (Å²) in [6.45, 7) is 1.58. The molecule has 1 amide bonds. The molecule has 0 aliphatic carbocycles. The standard InChI is InChI=1S/C18H17ClFN3O3S/c19-13-10-15-11(8-18(24)21-15)7-17(13)27(25,26)22-12-3-4-16(14(20)9-12)23-5-1-2-6-23/h3-4,7,9-10,22H,1-2,5-6,8H2,(H,21,24). The number of halogens is 2. The number of hydrogen-bond acceptors (Lipinski definition) is 4. The van der Waals surface area contributed by atoms with Gasteiger partial charge in [0.15, 0.2) is 0 Å². The van der Waals surface area contributed by atoms with Crippen LogP contribution in [0.1, 0.15) is 18.4 Å². The predicted molar refractivity (Wildman–Crippen MR) is 102 cm³/mol. The van der Waals surface area contributed by atoms with Gasteiger partial charge in [0.05, 0.1) is 22.8 Å². The van der Waals surface area contributed by atoms with E-state index in [9.17, 15) is 17.6 Å². The lowest BCUT2D eigenvalue weighted by Gasteiger charge is -2.19. The highest BCUT2D eigenvalue weighted by molar-refractivity contribution is 7.92. The summed E-state index contributed by atoms with van der Waals surface area (Å²) in [5, 5.41) is 2.60. The van der Waals surface area contributed by atoms with Gasteiger partial charge in [-0.2, -0.15) is 0 Å². The lowest BCUT2D eigenvalue weighted by Crippen LogP contribution is -2.19. The van der Waals surface area contributed by atoms with Crippen molar-refractivity contribution >= 4 is 44.6 Å². The van der Waals surface area contributed by atoms with Crippen molar-refractivity contribution in [3.05, 3.63) is 46.7 Å². The summed E-state index contributed by atoms with van der Waals surface area (Å²) in [7, 11) is -4.03. The molecule has 6 nitrogen and oxygen atoms in total. The number of rotatable bonds is 4. The number of nitrogens with one attached hydrogen (secondary N) is 2. The van der Waals surface area contributed by atoms with Gasteiger partial charge in [0.2, 0.25) is 5.91 Å². The highest BCUT2D eigenvalue weighted by Gasteiger charge is 2.25. The molecule has 2 aromatic rings. The third-order valence-electron chi connectivity index (χ3n) is 4.72. The van der Waals surface area contributed by atoms with Crippen molar-refractivity contribution in [2.24, 2.45) is 0 Å². The number of sulfonamides is 1. The normalized spacial score (nSPS) is 16.4. The Kier molecular flexibility index (Phi) is 4.47. The Balaban J connectivity index is 1.61. The molecule has 142 valence electrons. The molecule has 0 atom stereocenters. The van der Waals surface area contributed by atoms with Crippen molar-refractivity contribution in [1.82, 2.24) is 0 Å². The molecule has 0 aromatic heterocycles. The number of benzene rings is 2. The quantitative estimate of drug-likeness (QED) is 0.811. The second-order valence-electron chi connectivity index (χ2n) is 6.63. The van der Waals surface area contributed by atoms with Crippen LogP contribution in [0.15, 0.2) is 35.2 Å². The van der Waals surface area contributed by atoms with Crippen LogP contribution in [0.2, 0.25) is 5.02 Å². The van der Waals surface area contributed by atoms with Crippen LogP contribution < -0.4 is 14.9 Å². The number of anilines is 3. The fourth-order valence-electron chi connectivity index (χ4n) is 3.43. The molecular formula is C18H17ClFN3O3S. The number of carbonyl (C=O) groups excluding carboxylic acids is 1. The van der Waals surface area contributed by atoms with Crippen molar-refractivity contribution in [2.75, 3.05) is 28.0 Å². The zero-order valence-corrected chi connectivity index (χ0v) is 15.8. The second-order valence-corrected chi connectivity index (χ2v) is 8.69. The van der Waals surface area contributed by atoms with Crippen molar-refractivity contribution in [2.45, 2.75) is 24.2 Å². The van der Waals surface area contributed by atoms with Gasteiger partial charge in [-0.05, 0) is 42.7 Å². The zero-order chi connectivity index (χ0) is 19.2. The Morgan fingerprint density at radius 3 is 2.59 bits per heavy atom. The first kappa shape index (κ1) is 18.1. The molecule has 0 bridgehead atoms. The summed E-state index contributed by atoms with van der Waals surface area (Å²) in [5.74, 6) is -0.699. The minimum atomic E-state index is -4.03. The van der Waals surface area contributed by atoms with E-state index in [1.807, 2.05) is 4.90 Å². The minimum Gasteiger partial charge on any atom is -0.369 e. The Labute approximate surface area is 161 Å². The van der Waals surface area contributed by atoms with Crippen LogP contribution in [0.5, 0.6) is 0 Å². The Morgan fingerprint density at radius 1 is 1.15 bits per heavy atom. The first-order valence-corrected chi connectivity index (χ1v) is 10.4. The minimum absolute atomic E-state index is 0.0161. The van der Waals surface area contributed by atoms with Crippen LogP contribution in [0, 0.1) is 5.82 Å². The van der Waals surface area contributed by atoms with Crippen molar-refractivity contribution in [1.29, 1.82) is 0 Å². The molecule has 4 rings (SSSR count). The molecule has 2 heterocycles. The molecule has 1 fully saturated rings. The summed E-state index contributed by atoms with van der Waals surface area (Å²) in [6, 6.07) is 7.05. The molecule has 0 radical (unpaired) electrons. The van der Waals surface area contributed by atoms with E-state index in [0.717, 1.165) is 32.0 Å². The maximum Gasteiger partial charge on any atom is 0.263 e. The van der Waals surface area contributed by atoms with Gasteiger partial charge in [0.1, 0.15) is 10.7 Å². The van der Waals surface area contributed by atoms with E-state index in [4.69, 9.17) is 11.6 Å². The summed E-state index contributed by atoms with van der Waals surface area (Å²) >= 11 is 6.10. The van der Waals surface area contributed by atoms with Crippen LogP contribution in [0.4, 0.5) is 21.5 Å². The Bertz CT molecular complexity index is 1040. The van der Waals surface area contributed by atoms with Gasteiger partial charge in [-0.15, -0.1) is 0 Å². The van der Waals surface area contributed by atoms with Gasteiger partial charge in [-0.25, -0.2) is 12.8 Å². The fraction of sp³-hybridized carbons (Fsp3) is 0.278. The predicted octanol–water partition coefficient (Wildman–Crippen LogP) is 3.37. The average Bonchev–Trinajstić information content (AvgIpc) is 3.22. The SMILES string of the molecule is O=C1Cc2cc(S(=O)(=O)Nc3ccc(N4CCCC4)c(F)c3)c(Cl)cc2N1. The van der Waals surface area contributed by atoms with Gasteiger partial charge in [-0.1, -0.05) is 11.6 Å². The molecule has 0 unspecified atom stereocenters. The lowest BCUT2D eigenvalue weighted by atomic mass is 10.2. The molecule has 0 saturated carbocycles. The van der Waals surface area contributed by atoms with Gasteiger partial charge >= 0.3 is 0 Å². The van der Waals surface area contributed by atoms with E-state index < -0.39 is 15.8 Å². The highest BCUT2D eigenvalue weighted by Crippen LogP contribution is 2.33. The van der Waals surface area contributed by atoms with Gasteiger partial charge in [0, 0.05) is 24.8 Å². The molecule has 2 aliphatic heterocycles. The smallest absolute Gasteiger partial charge is 0.263 e. The summed E-state index contributed by atoms with van der Waals surface area (Å²) in [4.78, 5) is 13.3. The van der Waals surface area contributed by atoms with E-state index in [0.29, 0.717) is 16.9 Å². The van der Waals surface area contributed by atoms with E-state index in [1.54, 1.807) is 6.07 Å². The van der Waals surface area contributed by atoms with Crippen molar-refractivity contribution in [3.63, 3.8) is 0 Å². The maximum absolute atomic E-state index is 14.4. The van der Waals surface area contributed by atoms with Crippen LogP contribution in [0.3, 0.4) is 0 Å². The van der Waals surface area contributed by atoms with Crippen LogP contribution in [-0.4, -0.2) is 27.4 Å². The maximum atomic E-state index is 14.4. The second kappa shape index (κ2) is 6.69. The number of amides is 1. The fourth-order valence-corrected chi connectivity index (χ4v) is 5.06. The third kappa shape index (κ3) is 3.46. The Morgan fingerprint density at radius 2 is 1.89 bits per heavy atom. The van der Waals surface area contributed by atoms with E-state index >= 15 is 0 Å². The van der Waals surface area contributed by atoms with Gasteiger partial charge in [0.25, 0.3) is 10.0 Å². The molecular weight excluding hydrogens is 393 g/mol. The number of nitrogens with zero attached hydrogens (tertiary/aromatic N) is 1. The first-order chi connectivity index (χ1) is 12.8. The number of hydrogen-bond donors (Lipinski definition) is 2.